The maximum Gasteiger partial charge on any atom is 0.265 e. The molecule has 5 nitrogen and oxygen atoms in total. The number of aromatic amines is 1. The zero-order valence-electron chi connectivity index (χ0n) is 14.8. The van der Waals surface area contributed by atoms with E-state index in [-0.39, 0.29) is 11.3 Å². The van der Waals surface area contributed by atoms with Crippen LogP contribution in [-0.4, -0.2) is 22.5 Å². The van der Waals surface area contributed by atoms with Crippen molar-refractivity contribution in [3.8, 4) is 5.75 Å². The summed E-state index contributed by atoms with van der Waals surface area (Å²) in [7, 11) is 0. The van der Waals surface area contributed by atoms with Crippen molar-refractivity contribution in [1.82, 2.24) is 10.3 Å². The van der Waals surface area contributed by atoms with E-state index in [1.807, 2.05) is 0 Å². The zero-order chi connectivity index (χ0) is 19.1. The Morgan fingerprint density at radius 2 is 1.77 bits per heavy atom. The number of fused-ring (bicyclic) bond motifs is 1. The average molecular weight is 488 g/mol. The predicted molar refractivity (Wildman–Crippen MR) is 112 cm³/mol. The second kappa shape index (κ2) is 10.1. The highest BCUT2D eigenvalue weighted by Gasteiger charge is 2.20. The van der Waals surface area contributed by atoms with Crippen LogP contribution in [0.5, 0.6) is 5.75 Å². The molecule has 3 N–H and O–H groups in total. The number of nitrogens with one attached hydrogen (secondary N) is 2. The molecule has 0 bridgehead atoms. The summed E-state index contributed by atoms with van der Waals surface area (Å²) >= 11 is 6.69. The van der Waals surface area contributed by atoms with Crippen LogP contribution >= 0.6 is 31.9 Å². The molecule has 142 valence electrons. The molecule has 0 saturated heterocycles. The van der Waals surface area contributed by atoms with Crippen LogP contribution < -0.4 is 10.9 Å². The number of aromatic nitrogens is 1. The number of hydrogen-bond acceptors (Lipinski definition) is 3. The highest BCUT2D eigenvalue weighted by Crippen LogP contribution is 2.32. The van der Waals surface area contributed by atoms with Gasteiger partial charge in [0.25, 0.3) is 11.5 Å². The Labute approximate surface area is 169 Å². The van der Waals surface area contributed by atoms with Crippen LogP contribution in [0, 0.1) is 0 Å². The molecule has 1 aromatic carbocycles. The van der Waals surface area contributed by atoms with E-state index in [2.05, 4.69) is 49.1 Å². The van der Waals surface area contributed by atoms with E-state index in [9.17, 15) is 14.7 Å². The van der Waals surface area contributed by atoms with Gasteiger partial charge in [0.15, 0.2) is 0 Å². The Bertz CT molecular complexity index is 834. The third-order valence-electron chi connectivity index (χ3n) is 4.31. The first-order valence-electron chi connectivity index (χ1n) is 8.98. The monoisotopic (exact) mass is 486 g/mol. The maximum absolute atomic E-state index is 12.4. The quantitative estimate of drug-likeness (QED) is 0.423. The van der Waals surface area contributed by atoms with Crippen LogP contribution in [0.3, 0.4) is 0 Å². The maximum atomic E-state index is 12.4. The molecule has 0 aliphatic carbocycles. The van der Waals surface area contributed by atoms with Gasteiger partial charge in [-0.2, -0.15) is 0 Å². The fraction of sp³-hybridized carbons (Fsp3) is 0.474. The fourth-order valence-electron chi connectivity index (χ4n) is 2.89. The topological polar surface area (TPSA) is 82.2 Å². The fourth-order valence-corrected chi connectivity index (χ4v) is 4.21. The lowest BCUT2D eigenvalue weighted by Crippen LogP contribution is -2.30. The zero-order valence-corrected chi connectivity index (χ0v) is 18.0. The molecule has 0 saturated carbocycles. The number of carbonyl (C=O) groups is 1. The van der Waals surface area contributed by atoms with Crippen LogP contribution in [0.25, 0.3) is 10.9 Å². The van der Waals surface area contributed by atoms with Crippen LogP contribution in [-0.2, 0) is 0 Å². The number of aromatic hydroxyl groups is 1. The van der Waals surface area contributed by atoms with Crippen LogP contribution in [0.15, 0.2) is 25.9 Å². The highest BCUT2D eigenvalue weighted by atomic mass is 79.9. The number of halogens is 2. The van der Waals surface area contributed by atoms with Gasteiger partial charge in [-0.15, -0.1) is 0 Å². The second-order valence-corrected chi connectivity index (χ2v) is 8.14. The lowest BCUT2D eigenvalue weighted by Gasteiger charge is -2.10. The number of benzene rings is 1. The van der Waals surface area contributed by atoms with Gasteiger partial charge in [-0.05, 0) is 34.5 Å². The molecule has 7 heteroatoms. The molecule has 26 heavy (non-hydrogen) atoms. The Kier molecular flexibility index (Phi) is 8.15. The molecule has 1 heterocycles. The van der Waals surface area contributed by atoms with Crippen LogP contribution in [0.4, 0.5) is 0 Å². The van der Waals surface area contributed by atoms with E-state index in [1.165, 1.54) is 25.7 Å². The highest BCUT2D eigenvalue weighted by molar-refractivity contribution is 9.11. The molecular formula is C19H24Br2N2O3. The Balaban J connectivity index is 2.01. The standard InChI is InChI=1S/C19H24Br2N2O3/c1-2-3-4-5-6-7-8-9-22-18(25)15-17(24)13-10-12(20)11-14(21)16(13)23-19(15)26/h10-11H,2-9H2,1H3,(H,22,25)(H2,23,24,26). The molecule has 0 fully saturated rings. The predicted octanol–water partition coefficient (Wildman–Crippen LogP) is 5.24. The molecule has 2 aromatic rings. The number of unbranched alkanes of at least 4 members (excludes halogenated alkanes) is 6. The van der Waals surface area contributed by atoms with Gasteiger partial charge >= 0.3 is 0 Å². The Morgan fingerprint density at radius 1 is 1.12 bits per heavy atom. The number of amides is 1. The summed E-state index contributed by atoms with van der Waals surface area (Å²) in [6.07, 6.45) is 8.04. The average Bonchev–Trinajstić information content (AvgIpc) is 2.58. The van der Waals surface area contributed by atoms with Gasteiger partial charge in [0.1, 0.15) is 11.3 Å². The number of H-pyrrole nitrogens is 1. The van der Waals surface area contributed by atoms with Gasteiger partial charge in [-0.3, -0.25) is 9.59 Å². The normalized spacial score (nSPS) is 11.0. The minimum Gasteiger partial charge on any atom is -0.506 e. The molecule has 2 rings (SSSR count). The number of rotatable bonds is 9. The van der Waals surface area contributed by atoms with Crippen molar-refractivity contribution in [3.63, 3.8) is 0 Å². The molecule has 0 unspecified atom stereocenters. The van der Waals surface area contributed by atoms with Crippen molar-refractivity contribution in [3.05, 3.63) is 37.0 Å². The van der Waals surface area contributed by atoms with E-state index in [0.717, 1.165) is 23.7 Å². The summed E-state index contributed by atoms with van der Waals surface area (Å²) in [6.45, 7) is 2.68. The van der Waals surface area contributed by atoms with Crippen molar-refractivity contribution >= 4 is 48.7 Å². The van der Waals surface area contributed by atoms with Crippen LogP contribution in [0.2, 0.25) is 0 Å². The molecule has 0 radical (unpaired) electrons. The molecule has 1 amide bonds. The molecule has 0 spiro atoms. The largest absolute Gasteiger partial charge is 0.506 e. The summed E-state index contributed by atoms with van der Waals surface area (Å²) in [5.41, 5.74) is -0.389. The van der Waals surface area contributed by atoms with Gasteiger partial charge in [0, 0.05) is 20.9 Å². The summed E-state index contributed by atoms with van der Waals surface area (Å²) in [5, 5.41) is 13.6. The van der Waals surface area contributed by atoms with Crippen molar-refractivity contribution in [2.45, 2.75) is 51.9 Å². The van der Waals surface area contributed by atoms with Crippen molar-refractivity contribution in [2.75, 3.05) is 6.54 Å². The van der Waals surface area contributed by atoms with Gasteiger partial charge in [-0.1, -0.05) is 61.4 Å². The van der Waals surface area contributed by atoms with Crippen LogP contribution in [0.1, 0.15) is 62.2 Å². The SMILES string of the molecule is CCCCCCCCCNC(=O)c1c(O)c2cc(Br)cc(Br)c2[nH]c1=O. The summed E-state index contributed by atoms with van der Waals surface area (Å²) < 4.78 is 1.36. The molecule has 0 aliphatic heterocycles. The van der Waals surface area contributed by atoms with E-state index < -0.39 is 11.5 Å². The smallest absolute Gasteiger partial charge is 0.265 e. The van der Waals surface area contributed by atoms with Gasteiger partial charge in [-0.25, -0.2) is 0 Å². The van der Waals surface area contributed by atoms with Crippen molar-refractivity contribution in [2.24, 2.45) is 0 Å². The summed E-state index contributed by atoms with van der Waals surface area (Å²) in [6, 6.07) is 3.43. The Morgan fingerprint density at radius 3 is 2.46 bits per heavy atom. The summed E-state index contributed by atoms with van der Waals surface area (Å²) in [4.78, 5) is 27.3. The number of pyridine rings is 1. The van der Waals surface area contributed by atoms with Gasteiger partial charge in [0.2, 0.25) is 0 Å². The van der Waals surface area contributed by atoms with Gasteiger partial charge < -0.3 is 15.4 Å². The third kappa shape index (κ3) is 5.33. The number of carbonyl (C=O) groups excluding carboxylic acids is 1. The first-order chi connectivity index (χ1) is 12.5. The van der Waals surface area contributed by atoms with E-state index in [1.54, 1.807) is 12.1 Å². The minimum atomic E-state index is -0.602. The van der Waals surface area contributed by atoms with Gasteiger partial charge in [0.05, 0.1) is 5.52 Å². The third-order valence-corrected chi connectivity index (χ3v) is 5.39. The van der Waals surface area contributed by atoms with E-state index in [0.29, 0.717) is 21.9 Å². The number of hydrogen-bond donors (Lipinski definition) is 3. The molecule has 1 aromatic heterocycles. The molecule has 0 atom stereocenters. The van der Waals surface area contributed by atoms with E-state index >= 15 is 0 Å². The second-order valence-electron chi connectivity index (χ2n) is 6.37. The Hall–Kier alpha value is -1.34. The molecule has 0 aliphatic rings. The van der Waals surface area contributed by atoms with Crippen molar-refractivity contribution in [1.29, 1.82) is 0 Å². The lowest BCUT2D eigenvalue weighted by atomic mass is 10.1. The van der Waals surface area contributed by atoms with Crippen molar-refractivity contribution < 1.29 is 9.90 Å². The van der Waals surface area contributed by atoms with E-state index in [4.69, 9.17) is 0 Å². The molecular weight excluding hydrogens is 464 g/mol. The first kappa shape index (κ1) is 21.0. The first-order valence-corrected chi connectivity index (χ1v) is 10.6. The lowest BCUT2D eigenvalue weighted by molar-refractivity contribution is 0.0949. The minimum absolute atomic E-state index is 0.245. The summed E-state index contributed by atoms with van der Waals surface area (Å²) in [5.74, 6) is -0.851.